The molecule has 35 heavy (non-hydrogen) atoms. The van der Waals surface area contributed by atoms with Gasteiger partial charge in [0.05, 0.1) is 43.4 Å². The summed E-state index contributed by atoms with van der Waals surface area (Å²) in [5.74, 6) is 2.03. The van der Waals surface area contributed by atoms with Gasteiger partial charge >= 0.3 is 0 Å². The Morgan fingerprint density at radius 3 is 2.57 bits per heavy atom. The van der Waals surface area contributed by atoms with Crippen LogP contribution in [0, 0.1) is 6.92 Å². The Hall–Kier alpha value is -3.13. The summed E-state index contributed by atoms with van der Waals surface area (Å²) >= 11 is 0. The van der Waals surface area contributed by atoms with Crippen LogP contribution in [-0.4, -0.2) is 58.8 Å². The first kappa shape index (κ1) is 26.5. The molecule has 7 nitrogen and oxygen atoms in total. The minimum absolute atomic E-state index is 0.244. The van der Waals surface area contributed by atoms with Crippen LogP contribution in [0.5, 0.6) is 17.4 Å². The van der Waals surface area contributed by atoms with Crippen molar-refractivity contribution in [1.82, 2.24) is 14.7 Å². The topological polar surface area (TPSA) is 69.0 Å². The minimum atomic E-state index is -0.615. The average molecular weight is 480 g/mol. The number of nitrogens with zero attached hydrogens (tertiary/aromatic N) is 3. The number of para-hydroxylation sites is 1. The molecule has 0 bridgehead atoms. The molecular weight excluding hydrogens is 442 g/mol. The van der Waals surface area contributed by atoms with Crippen molar-refractivity contribution in [2.75, 3.05) is 26.9 Å². The fourth-order valence-corrected chi connectivity index (χ4v) is 3.82. The molecule has 0 fully saturated rings. The standard InChI is InChI=1S/C28H37N3O4/c1-6-16-34-20-24(32)18-30(21(3)7-2)19-27-22(4)29-31(23-12-9-8-10-13-23)28(27)35-26-15-11-14-25(17-26)33-5/h6,8-15,17,21,24,32H,1,7,16,18-20H2,2-5H3/t21-,24-/m1/s1. The van der Waals surface area contributed by atoms with E-state index in [1.165, 1.54) is 0 Å². The summed E-state index contributed by atoms with van der Waals surface area (Å²) < 4.78 is 19.1. The molecule has 1 heterocycles. The lowest BCUT2D eigenvalue weighted by Gasteiger charge is -2.30. The minimum Gasteiger partial charge on any atom is -0.497 e. The summed E-state index contributed by atoms with van der Waals surface area (Å²) in [5.41, 5.74) is 2.75. The molecule has 1 aromatic heterocycles. The van der Waals surface area contributed by atoms with Crippen molar-refractivity contribution in [3.05, 3.63) is 78.5 Å². The zero-order valence-electron chi connectivity index (χ0n) is 21.2. The third-order valence-electron chi connectivity index (χ3n) is 5.96. The lowest BCUT2D eigenvalue weighted by molar-refractivity contribution is 0.0155. The fraction of sp³-hybridized carbons (Fsp3) is 0.393. The molecule has 2 aromatic carbocycles. The van der Waals surface area contributed by atoms with Crippen LogP contribution in [0.2, 0.25) is 0 Å². The highest BCUT2D eigenvalue weighted by Gasteiger charge is 2.24. The molecule has 2 atom stereocenters. The fourth-order valence-electron chi connectivity index (χ4n) is 3.82. The van der Waals surface area contributed by atoms with Gasteiger partial charge < -0.3 is 19.3 Å². The number of benzene rings is 2. The molecule has 3 rings (SSSR count). The van der Waals surface area contributed by atoms with Gasteiger partial charge in [-0.15, -0.1) is 6.58 Å². The third kappa shape index (κ3) is 7.18. The summed E-state index contributed by atoms with van der Waals surface area (Å²) in [4.78, 5) is 2.25. The number of rotatable bonds is 14. The summed E-state index contributed by atoms with van der Waals surface area (Å²) in [6.45, 7) is 11.7. The molecule has 0 aliphatic rings. The first-order chi connectivity index (χ1) is 17.0. The van der Waals surface area contributed by atoms with E-state index in [-0.39, 0.29) is 12.6 Å². The van der Waals surface area contributed by atoms with Crippen LogP contribution in [0.15, 0.2) is 67.3 Å². The maximum absolute atomic E-state index is 10.6. The SMILES string of the molecule is C=CCOC[C@H](O)CN(Cc1c(C)nn(-c2ccccc2)c1Oc1cccc(OC)c1)[C@H](C)CC. The highest BCUT2D eigenvalue weighted by molar-refractivity contribution is 5.44. The summed E-state index contributed by atoms with van der Waals surface area (Å²) in [5, 5.41) is 15.4. The van der Waals surface area contributed by atoms with Crippen molar-refractivity contribution < 1.29 is 19.3 Å². The van der Waals surface area contributed by atoms with Gasteiger partial charge in [0.15, 0.2) is 0 Å². The van der Waals surface area contributed by atoms with Crippen LogP contribution in [0.3, 0.4) is 0 Å². The van der Waals surface area contributed by atoms with Crippen molar-refractivity contribution in [3.8, 4) is 23.1 Å². The number of hydrogen-bond acceptors (Lipinski definition) is 6. The zero-order valence-corrected chi connectivity index (χ0v) is 21.2. The van der Waals surface area contributed by atoms with E-state index in [4.69, 9.17) is 19.3 Å². The maximum atomic E-state index is 10.6. The number of aromatic nitrogens is 2. The predicted molar refractivity (Wildman–Crippen MR) is 139 cm³/mol. The molecule has 0 amide bonds. The maximum Gasteiger partial charge on any atom is 0.227 e. The van der Waals surface area contributed by atoms with Gasteiger partial charge in [-0.1, -0.05) is 37.3 Å². The first-order valence-electron chi connectivity index (χ1n) is 12.0. The molecule has 0 saturated heterocycles. The number of aryl methyl sites for hydroxylation is 1. The third-order valence-corrected chi connectivity index (χ3v) is 5.96. The number of hydrogen-bond donors (Lipinski definition) is 1. The van der Waals surface area contributed by atoms with Crippen LogP contribution in [0.1, 0.15) is 31.5 Å². The predicted octanol–water partition coefficient (Wildman–Crippen LogP) is 5.15. The Labute approximate surface area is 208 Å². The van der Waals surface area contributed by atoms with E-state index < -0.39 is 6.10 Å². The van der Waals surface area contributed by atoms with Gasteiger partial charge in [0, 0.05) is 25.2 Å². The second-order valence-electron chi connectivity index (χ2n) is 8.56. The molecular formula is C28H37N3O4. The van der Waals surface area contributed by atoms with Crippen LogP contribution in [0.4, 0.5) is 0 Å². The van der Waals surface area contributed by atoms with Crippen LogP contribution >= 0.6 is 0 Å². The second kappa shape index (κ2) is 13.1. The molecule has 7 heteroatoms. The molecule has 3 aromatic rings. The van der Waals surface area contributed by atoms with Gasteiger partial charge in [0.2, 0.25) is 5.88 Å². The normalized spacial score (nSPS) is 13.0. The van der Waals surface area contributed by atoms with Gasteiger partial charge in [-0.3, -0.25) is 4.90 Å². The molecule has 0 unspecified atom stereocenters. The summed E-state index contributed by atoms with van der Waals surface area (Å²) in [7, 11) is 1.64. The smallest absolute Gasteiger partial charge is 0.227 e. The van der Waals surface area contributed by atoms with Crippen LogP contribution in [-0.2, 0) is 11.3 Å². The van der Waals surface area contributed by atoms with E-state index in [2.05, 4.69) is 25.3 Å². The van der Waals surface area contributed by atoms with Crippen molar-refractivity contribution in [2.45, 2.75) is 45.9 Å². The number of ether oxygens (including phenoxy) is 3. The Balaban J connectivity index is 1.96. The van der Waals surface area contributed by atoms with E-state index in [1.807, 2.05) is 66.2 Å². The van der Waals surface area contributed by atoms with Crippen molar-refractivity contribution in [3.63, 3.8) is 0 Å². The largest absolute Gasteiger partial charge is 0.497 e. The molecule has 1 N–H and O–H groups in total. The highest BCUT2D eigenvalue weighted by atomic mass is 16.5. The molecule has 0 aliphatic carbocycles. The van der Waals surface area contributed by atoms with Crippen molar-refractivity contribution >= 4 is 0 Å². The Bertz CT molecular complexity index is 1070. The monoisotopic (exact) mass is 479 g/mol. The zero-order chi connectivity index (χ0) is 25.2. The number of aliphatic hydroxyl groups is 1. The van der Waals surface area contributed by atoms with Gasteiger partial charge in [-0.2, -0.15) is 5.10 Å². The first-order valence-corrected chi connectivity index (χ1v) is 12.0. The molecule has 0 radical (unpaired) electrons. The van der Waals surface area contributed by atoms with Crippen molar-refractivity contribution in [1.29, 1.82) is 0 Å². The molecule has 188 valence electrons. The highest BCUT2D eigenvalue weighted by Crippen LogP contribution is 2.33. The number of aliphatic hydroxyl groups excluding tert-OH is 1. The van der Waals surface area contributed by atoms with Crippen LogP contribution in [0.25, 0.3) is 5.69 Å². The summed E-state index contributed by atoms with van der Waals surface area (Å²) in [6.07, 6.45) is 2.01. The lowest BCUT2D eigenvalue weighted by atomic mass is 10.1. The van der Waals surface area contributed by atoms with Crippen molar-refractivity contribution in [2.24, 2.45) is 0 Å². The van der Waals surface area contributed by atoms with Gasteiger partial charge in [-0.25, -0.2) is 4.68 Å². The van der Waals surface area contributed by atoms with Crippen LogP contribution < -0.4 is 9.47 Å². The van der Waals surface area contributed by atoms with Gasteiger partial charge in [-0.05, 0) is 44.5 Å². The Kier molecular flexibility index (Phi) is 9.90. The van der Waals surface area contributed by atoms with E-state index >= 15 is 0 Å². The Morgan fingerprint density at radius 2 is 1.89 bits per heavy atom. The van der Waals surface area contributed by atoms with E-state index in [1.54, 1.807) is 13.2 Å². The Morgan fingerprint density at radius 1 is 1.14 bits per heavy atom. The molecule has 0 aliphatic heterocycles. The second-order valence-corrected chi connectivity index (χ2v) is 8.56. The van der Waals surface area contributed by atoms with Gasteiger partial charge in [0.1, 0.15) is 11.5 Å². The lowest BCUT2D eigenvalue weighted by Crippen LogP contribution is -2.40. The quantitative estimate of drug-likeness (QED) is 0.255. The average Bonchev–Trinajstić information content (AvgIpc) is 3.18. The van der Waals surface area contributed by atoms with Gasteiger partial charge in [0.25, 0.3) is 0 Å². The number of methoxy groups -OCH3 is 1. The molecule has 0 saturated carbocycles. The van der Waals surface area contributed by atoms with E-state index in [9.17, 15) is 5.11 Å². The van der Waals surface area contributed by atoms with E-state index in [0.29, 0.717) is 31.3 Å². The molecule has 0 spiro atoms. The van der Waals surface area contributed by atoms with E-state index in [0.717, 1.165) is 29.1 Å². The summed E-state index contributed by atoms with van der Waals surface area (Å²) in [6, 6.07) is 17.7.